The van der Waals surface area contributed by atoms with E-state index >= 15 is 0 Å². The van der Waals surface area contributed by atoms with Crippen molar-refractivity contribution in [3.05, 3.63) is 6.79 Å². The molecule has 1 unspecified atom stereocenters. The standard InChI is InChI=1S/C4H6ClO2/c5-1-4-2-6-3-7-4/h3-4H,1-2H2. The molecule has 1 heterocycles. The number of halogens is 1. The highest BCUT2D eigenvalue weighted by molar-refractivity contribution is 6.18. The lowest BCUT2D eigenvalue weighted by atomic mass is 10.4. The Hall–Kier alpha value is 0.210. The van der Waals surface area contributed by atoms with Crippen LogP contribution in [0.15, 0.2) is 0 Å². The number of ether oxygens (including phenoxy) is 2. The van der Waals surface area contributed by atoms with Gasteiger partial charge in [0.25, 0.3) is 0 Å². The molecule has 0 aromatic heterocycles. The van der Waals surface area contributed by atoms with Gasteiger partial charge in [-0.3, -0.25) is 0 Å². The third-order valence-electron chi connectivity index (χ3n) is 0.770. The number of hydrogen-bond acceptors (Lipinski definition) is 2. The Bertz CT molecular complexity index is 51.7. The summed E-state index contributed by atoms with van der Waals surface area (Å²) < 4.78 is 9.54. The van der Waals surface area contributed by atoms with E-state index in [9.17, 15) is 0 Å². The minimum atomic E-state index is 0.0849. The molecule has 7 heavy (non-hydrogen) atoms. The van der Waals surface area contributed by atoms with Crippen LogP contribution >= 0.6 is 11.6 Å². The predicted molar refractivity (Wildman–Crippen MR) is 25.8 cm³/mol. The van der Waals surface area contributed by atoms with E-state index in [2.05, 4.69) is 0 Å². The topological polar surface area (TPSA) is 18.5 Å². The molecule has 1 fully saturated rings. The molecule has 0 saturated carbocycles. The van der Waals surface area contributed by atoms with Gasteiger partial charge >= 0.3 is 0 Å². The summed E-state index contributed by atoms with van der Waals surface area (Å²) in [6, 6.07) is 0. The molecule has 0 aliphatic carbocycles. The lowest BCUT2D eigenvalue weighted by Gasteiger charge is -1.96. The molecule has 41 valence electrons. The molecule has 1 aliphatic heterocycles. The first-order valence-electron chi connectivity index (χ1n) is 2.08. The molecule has 3 heteroatoms. The van der Waals surface area contributed by atoms with E-state index in [1.165, 1.54) is 6.79 Å². The number of rotatable bonds is 1. The number of hydrogen-bond donors (Lipinski definition) is 0. The molecule has 1 radical (unpaired) electrons. The molecule has 1 rings (SSSR count). The zero-order chi connectivity index (χ0) is 5.11. The quantitative estimate of drug-likeness (QED) is 0.477. The van der Waals surface area contributed by atoms with Crippen LogP contribution in [0.2, 0.25) is 0 Å². The normalized spacial score (nSPS) is 31.3. The van der Waals surface area contributed by atoms with Crippen LogP contribution in [0.3, 0.4) is 0 Å². The fourth-order valence-corrected chi connectivity index (χ4v) is 0.546. The first-order valence-corrected chi connectivity index (χ1v) is 2.61. The largest absolute Gasteiger partial charge is 0.345 e. The molecule has 1 aliphatic rings. The summed E-state index contributed by atoms with van der Waals surface area (Å²) >= 11 is 5.38. The summed E-state index contributed by atoms with van der Waals surface area (Å²) in [5, 5.41) is 0. The van der Waals surface area contributed by atoms with E-state index in [1.54, 1.807) is 0 Å². The highest BCUT2D eigenvalue weighted by atomic mass is 35.5. The maximum atomic E-state index is 5.38. The molecule has 0 N–H and O–H groups in total. The summed E-state index contributed by atoms with van der Waals surface area (Å²) in [5.74, 6) is 0.510. The summed E-state index contributed by atoms with van der Waals surface area (Å²) in [6.45, 7) is 1.93. The summed E-state index contributed by atoms with van der Waals surface area (Å²) in [4.78, 5) is 0. The summed E-state index contributed by atoms with van der Waals surface area (Å²) in [6.07, 6.45) is 0.0849. The van der Waals surface area contributed by atoms with Crippen molar-refractivity contribution in [3.8, 4) is 0 Å². The second-order valence-corrected chi connectivity index (χ2v) is 1.65. The van der Waals surface area contributed by atoms with Crippen LogP contribution in [0.4, 0.5) is 0 Å². The van der Waals surface area contributed by atoms with Gasteiger partial charge in [0.05, 0.1) is 18.6 Å². The Morgan fingerprint density at radius 1 is 1.86 bits per heavy atom. The second kappa shape index (κ2) is 2.50. The van der Waals surface area contributed by atoms with Crippen LogP contribution in [0, 0.1) is 6.79 Å². The van der Waals surface area contributed by atoms with Crippen LogP contribution < -0.4 is 0 Å². The third-order valence-corrected chi connectivity index (χ3v) is 1.11. The van der Waals surface area contributed by atoms with Crippen molar-refractivity contribution >= 4 is 11.6 Å². The van der Waals surface area contributed by atoms with Gasteiger partial charge in [0.1, 0.15) is 0 Å². The Balaban J connectivity index is 2.14. The molecule has 0 spiro atoms. The van der Waals surface area contributed by atoms with Crippen LogP contribution in [0.1, 0.15) is 0 Å². The molecular formula is C4H6ClO2. The highest BCUT2D eigenvalue weighted by Gasteiger charge is 2.14. The van der Waals surface area contributed by atoms with Gasteiger partial charge < -0.3 is 9.47 Å². The highest BCUT2D eigenvalue weighted by Crippen LogP contribution is 2.06. The van der Waals surface area contributed by atoms with Crippen molar-refractivity contribution in [1.82, 2.24) is 0 Å². The van der Waals surface area contributed by atoms with Crippen molar-refractivity contribution in [2.75, 3.05) is 12.5 Å². The lowest BCUT2D eigenvalue weighted by Crippen LogP contribution is -2.09. The Labute approximate surface area is 47.4 Å². The van der Waals surface area contributed by atoms with E-state index in [4.69, 9.17) is 21.1 Å². The average Bonchev–Trinajstić information content (AvgIpc) is 2.14. The van der Waals surface area contributed by atoms with E-state index in [1.807, 2.05) is 0 Å². The van der Waals surface area contributed by atoms with Gasteiger partial charge in [-0.1, -0.05) is 0 Å². The van der Waals surface area contributed by atoms with E-state index in [0.717, 1.165) is 0 Å². The smallest absolute Gasteiger partial charge is 0.209 e. The van der Waals surface area contributed by atoms with Crippen LogP contribution in [-0.4, -0.2) is 18.6 Å². The van der Waals surface area contributed by atoms with Gasteiger partial charge in [-0.05, 0) is 0 Å². The fraction of sp³-hybridized carbons (Fsp3) is 0.750. The molecule has 0 aromatic rings. The van der Waals surface area contributed by atoms with Gasteiger partial charge in [0, 0.05) is 0 Å². The fourth-order valence-electron chi connectivity index (χ4n) is 0.385. The zero-order valence-electron chi connectivity index (χ0n) is 3.76. The average molecular weight is 122 g/mol. The van der Waals surface area contributed by atoms with Crippen molar-refractivity contribution in [2.24, 2.45) is 0 Å². The van der Waals surface area contributed by atoms with E-state index in [-0.39, 0.29) is 6.10 Å². The molecule has 0 amide bonds. The molecule has 0 bridgehead atoms. The van der Waals surface area contributed by atoms with E-state index < -0.39 is 0 Å². The molecular weight excluding hydrogens is 115 g/mol. The van der Waals surface area contributed by atoms with Gasteiger partial charge in [-0.25, -0.2) is 0 Å². The molecule has 1 atom stereocenters. The minimum Gasteiger partial charge on any atom is -0.345 e. The molecule has 1 saturated heterocycles. The maximum Gasteiger partial charge on any atom is 0.209 e. The van der Waals surface area contributed by atoms with Crippen LogP contribution in [0.5, 0.6) is 0 Å². The third kappa shape index (κ3) is 1.30. The van der Waals surface area contributed by atoms with Gasteiger partial charge in [0.15, 0.2) is 0 Å². The predicted octanol–water partition coefficient (Wildman–Crippen LogP) is 0.760. The van der Waals surface area contributed by atoms with Crippen molar-refractivity contribution in [1.29, 1.82) is 0 Å². The SMILES string of the molecule is ClCC1CO[CH]O1. The van der Waals surface area contributed by atoms with Crippen molar-refractivity contribution in [3.63, 3.8) is 0 Å². The van der Waals surface area contributed by atoms with Crippen LogP contribution in [-0.2, 0) is 9.47 Å². The lowest BCUT2D eigenvalue weighted by molar-refractivity contribution is 0.136. The molecule has 2 nitrogen and oxygen atoms in total. The maximum absolute atomic E-state index is 5.38. The second-order valence-electron chi connectivity index (χ2n) is 1.34. The Kier molecular flexibility index (Phi) is 1.91. The van der Waals surface area contributed by atoms with Gasteiger partial charge in [0.2, 0.25) is 6.79 Å². The zero-order valence-corrected chi connectivity index (χ0v) is 4.52. The number of alkyl halides is 1. The Morgan fingerprint density at radius 3 is 3.00 bits per heavy atom. The van der Waals surface area contributed by atoms with Crippen LogP contribution in [0.25, 0.3) is 0 Å². The van der Waals surface area contributed by atoms with Gasteiger partial charge in [-0.15, -0.1) is 11.6 Å². The monoisotopic (exact) mass is 121 g/mol. The van der Waals surface area contributed by atoms with Crippen molar-refractivity contribution < 1.29 is 9.47 Å². The first-order chi connectivity index (χ1) is 3.43. The van der Waals surface area contributed by atoms with Crippen molar-refractivity contribution in [2.45, 2.75) is 6.10 Å². The minimum absolute atomic E-state index is 0.0849. The van der Waals surface area contributed by atoms with Gasteiger partial charge in [-0.2, -0.15) is 0 Å². The summed E-state index contributed by atoms with van der Waals surface area (Å²) in [5.41, 5.74) is 0. The Morgan fingerprint density at radius 2 is 2.71 bits per heavy atom. The van der Waals surface area contributed by atoms with E-state index in [0.29, 0.717) is 12.5 Å². The first kappa shape index (κ1) is 5.35. The summed E-state index contributed by atoms with van der Waals surface area (Å²) in [7, 11) is 0. The molecule has 0 aromatic carbocycles.